The first-order valence-corrected chi connectivity index (χ1v) is 6.10. The minimum absolute atomic E-state index is 0.109. The molecule has 1 aromatic rings. The van der Waals surface area contributed by atoms with E-state index < -0.39 is 11.9 Å². The second-order valence-corrected chi connectivity index (χ2v) is 4.08. The van der Waals surface area contributed by atoms with Crippen LogP contribution in [0.15, 0.2) is 18.2 Å². The molecule has 1 atom stereocenters. The summed E-state index contributed by atoms with van der Waals surface area (Å²) in [7, 11) is 0. The number of hydrogen-bond donors (Lipinski definition) is 2. The fraction of sp³-hybridized carbons (Fsp3) is 0.357. The molecule has 106 valence electrons. The third-order valence-corrected chi connectivity index (χ3v) is 2.64. The van der Waals surface area contributed by atoms with Gasteiger partial charge in [-0.05, 0) is 18.2 Å². The number of aliphatic hydroxyl groups is 1. The summed E-state index contributed by atoms with van der Waals surface area (Å²) in [5.41, 5.74) is 0.519. The molecule has 20 heavy (non-hydrogen) atoms. The monoisotopic (exact) mass is 279 g/mol. The van der Waals surface area contributed by atoms with E-state index >= 15 is 0 Å². The zero-order chi connectivity index (χ0) is 14.4. The molecule has 0 bridgehead atoms. The van der Waals surface area contributed by atoms with Crippen LogP contribution in [0.2, 0.25) is 0 Å². The van der Waals surface area contributed by atoms with Gasteiger partial charge >= 0.3 is 0 Å². The number of benzene rings is 1. The van der Waals surface area contributed by atoms with Crippen LogP contribution in [0.1, 0.15) is 5.56 Å². The summed E-state index contributed by atoms with van der Waals surface area (Å²) in [6.07, 6.45) is -0.666. The fourth-order valence-corrected chi connectivity index (χ4v) is 1.70. The summed E-state index contributed by atoms with van der Waals surface area (Å²) in [4.78, 5) is 11.9. The van der Waals surface area contributed by atoms with Gasteiger partial charge in [-0.25, -0.2) is 4.39 Å². The van der Waals surface area contributed by atoms with Gasteiger partial charge in [-0.2, -0.15) is 0 Å². The SMILES string of the molecule is O=C(Nc1ccc(F)c(C#CCO)c1)C1COCCO1. The first-order chi connectivity index (χ1) is 9.70. The maximum atomic E-state index is 13.4. The zero-order valence-electron chi connectivity index (χ0n) is 10.7. The lowest BCUT2D eigenvalue weighted by Crippen LogP contribution is -2.39. The van der Waals surface area contributed by atoms with Crippen LogP contribution in [-0.2, 0) is 14.3 Å². The van der Waals surface area contributed by atoms with Crippen molar-refractivity contribution in [1.82, 2.24) is 0 Å². The van der Waals surface area contributed by atoms with Crippen LogP contribution in [0.25, 0.3) is 0 Å². The van der Waals surface area contributed by atoms with Gasteiger partial charge in [0.25, 0.3) is 5.91 Å². The van der Waals surface area contributed by atoms with Crippen molar-refractivity contribution in [3.05, 3.63) is 29.6 Å². The molecule has 5 nitrogen and oxygen atoms in total. The quantitative estimate of drug-likeness (QED) is 0.775. The van der Waals surface area contributed by atoms with Crippen LogP contribution in [0.4, 0.5) is 10.1 Å². The van der Waals surface area contributed by atoms with Gasteiger partial charge in [0.05, 0.1) is 25.4 Å². The Labute approximate surface area is 115 Å². The summed E-state index contributed by atoms with van der Waals surface area (Å²) < 4.78 is 23.8. The number of amides is 1. The summed E-state index contributed by atoms with van der Waals surface area (Å²) in [6.45, 7) is 0.684. The largest absolute Gasteiger partial charge is 0.384 e. The van der Waals surface area contributed by atoms with Crippen molar-refractivity contribution in [2.45, 2.75) is 6.10 Å². The Morgan fingerprint density at radius 1 is 1.50 bits per heavy atom. The molecular weight excluding hydrogens is 265 g/mol. The Balaban J connectivity index is 2.07. The van der Waals surface area contributed by atoms with Crippen LogP contribution in [0.3, 0.4) is 0 Å². The van der Waals surface area contributed by atoms with E-state index in [1.807, 2.05) is 0 Å². The van der Waals surface area contributed by atoms with Crippen molar-refractivity contribution < 1.29 is 23.8 Å². The molecule has 1 aromatic carbocycles. The van der Waals surface area contributed by atoms with Gasteiger partial charge < -0.3 is 19.9 Å². The number of anilines is 1. The smallest absolute Gasteiger partial charge is 0.255 e. The fourth-order valence-electron chi connectivity index (χ4n) is 1.70. The number of hydrogen-bond acceptors (Lipinski definition) is 4. The minimum atomic E-state index is -0.666. The number of rotatable bonds is 2. The Bertz CT molecular complexity index is 544. The Morgan fingerprint density at radius 3 is 3.05 bits per heavy atom. The summed E-state index contributed by atoms with van der Waals surface area (Å²) in [6, 6.07) is 4.04. The average molecular weight is 279 g/mol. The van der Waals surface area contributed by atoms with Crippen molar-refractivity contribution in [1.29, 1.82) is 0 Å². The van der Waals surface area contributed by atoms with Gasteiger partial charge in [0, 0.05) is 5.69 Å². The van der Waals surface area contributed by atoms with Gasteiger partial charge in [-0.1, -0.05) is 11.8 Å². The Kier molecular flexibility index (Phi) is 5.07. The number of carbonyl (C=O) groups is 1. The summed E-state index contributed by atoms with van der Waals surface area (Å²) >= 11 is 0. The molecule has 0 spiro atoms. The lowest BCUT2D eigenvalue weighted by Gasteiger charge is -2.22. The molecule has 2 rings (SSSR count). The number of halogens is 1. The van der Waals surface area contributed by atoms with E-state index in [2.05, 4.69) is 17.2 Å². The van der Waals surface area contributed by atoms with Gasteiger partial charge in [-0.15, -0.1) is 0 Å². The normalized spacial score (nSPS) is 18.0. The molecule has 1 heterocycles. The second kappa shape index (κ2) is 7.01. The van der Waals surface area contributed by atoms with Gasteiger partial charge in [0.15, 0.2) is 6.10 Å². The highest BCUT2D eigenvalue weighted by Crippen LogP contribution is 2.15. The molecule has 0 radical (unpaired) electrons. The van der Waals surface area contributed by atoms with E-state index in [4.69, 9.17) is 14.6 Å². The van der Waals surface area contributed by atoms with Crippen molar-refractivity contribution in [3.63, 3.8) is 0 Å². The summed E-state index contributed by atoms with van der Waals surface area (Å²) in [5, 5.41) is 11.2. The van der Waals surface area contributed by atoms with Crippen molar-refractivity contribution >= 4 is 11.6 Å². The molecule has 0 aliphatic carbocycles. The molecule has 1 amide bonds. The van der Waals surface area contributed by atoms with E-state index in [-0.39, 0.29) is 24.7 Å². The van der Waals surface area contributed by atoms with Crippen molar-refractivity contribution in [2.75, 3.05) is 31.7 Å². The topological polar surface area (TPSA) is 67.8 Å². The first-order valence-electron chi connectivity index (χ1n) is 6.10. The molecule has 0 saturated carbocycles. The molecule has 6 heteroatoms. The van der Waals surface area contributed by atoms with Crippen molar-refractivity contribution in [3.8, 4) is 11.8 Å². The predicted molar refractivity (Wildman–Crippen MR) is 69.6 cm³/mol. The van der Waals surface area contributed by atoms with Crippen LogP contribution < -0.4 is 5.32 Å². The number of ether oxygens (including phenoxy) is 2. The molecule has 2 N–H and O–H groups in total. The van der Waals surface area contributed by atoms with E-state index in [0.717, 1.165) is 0 Å². The maximum absolute atomic E-state index is 13.4. The van der Waals surface area contributed by atoms with Crippen molar-refractivity contribution in [2.24, 2.45) is 0 Å². The minimum Gasteiger partial charge on any atom is -0.384 e. The number of nitrogens with one attached hydrogen (secondary N) is 1. The molecule has 1 saturated heterocycles. The maximum Gasteiger partial charge on any atom is 0.255 e. The lowest BCUT2D eigenvalue weighted by molar-refractivity contribution is -0.142. The Hall–Kier alpha value is -1.94. The average Bonchev–Trinajstić information content (AvgIpc) is 2.48. The number of carbonyl (C=O) groups excluding carboxylic acids is 1. The van der Waals surface area contributed by atoms with Crippen LogP contribution >= 0.6 is 0 Å². The Morgan fingerprint density at radius 2 is 2.35 bits per heavy atom. The van der Waals surface area contributed by atoms with E-state index in [1.165, 1.54) is 18.2 Å². The number of aliphatic hydroxyl groups excluding tert-OH is 1. The summed E-state index contributed by atoms with van der Waals surface area (Å²) in [5.74, 6) is 3.97. The third kappa shape index (κ3) is 3.78. The lowest BCUT2D eigenvalue weighted by atomic mass is 10.2. The standard InChI is InChI=1S/C14H14FNO4/c15-12-4-3-11(8-10(12)2-1-5-17)16-14(18)13-9-19-6-7-20-13/h3-4,8,13,17H,5-7,9H2,(H,16,18). The third-order valence-electron chi connectivity index (χ3n) is 2.64. The highest BCUT2D eigenvalue weighted by atomic mass is 19.1. The highest BCUT2D eigenvalue weighted by molar-refractivity contribution is 5.94. The van der Waals surface area contributed by atoms with Crippen LogP contribution in [0, 0.1) is 17.7 Å². The van der Waals surface area contributed by atoms with E-state index in [0.29, 0.717) is 18.9 Å². The zero-order valence-corrected chi connectivity index (χ0v) is 10.7. The predicted octanol–water partition coefficient (Wildman–Crippen LogP) is 0.523. The molecule has 0 aromatic heterocycles. The van der Waals surface area contributed by atoms with Gasteiger partial charge in [-0.3, -0.25) is 4.79 Å². The molecular formula is C14H14FNO4. The van der Waals surface area contributed by atoms with E-state index in [9.17, 15) is 9.18 Å². The second-order valence-electron chi connectivity index (χ2n) is 4.08. The van der Waals surface area contributed by atoms with Crippen LogP contribution in [-0.4, -0.2) is 43.5 Å². The first kappa shape index (κ1) is 14.5. The van der Waals surface area contributed by atoms with Gasteiger partial charge in [0.2, 0.25) is 0 Å². The highest BCUT2D eigenvalue weighted by Gasteiger charge is 2.22. The molecule has 1 unspecified atom stereocenters. The molecule has 1 fully saturated rings. The van der Waals surface area contributed by atoms with E-state index in [1.54, 1.807) is 0 Å². The molecule has 1 aliphatic rings. The molecule has 1 aliphatic heterocycles. The van der Waals surface area contributed by atoms with Gasteiger partial charge in [0.1, 0.15) is 12.4 Å². The van der Waals surface area contributed by atoms with Crippen LogP contribution in [0.5, 0.6) is 0 Å².